The zero-order valence-corrected chi connectivity index (χ0v) is 16.9. The average molecular weight is 433 g/mol. The molecule has 2 aromatic carbocycles. The predicted octanol–water partition coefficient (Wildman–Crippen LogP) is 1.29. The molecule has 0 radical (unpaired) electrons. The van der Waals surface area contributed by atoms with Gasteiger partial charge in [-0.25, -0.2) is 17.9 Å². The van der Waals surface area contributed by atoms with Gasteiger partial charge in [0.05, 0.1) is 17.9 Å². The summed E-state index contributed by atoms with van der Waals surface area (Å²) in [7, 11) is -3.64. The second-order valence-corrected chi connectivity index (χ2v) is 9.41. The summed E-state index contributed by atoms with van der Waals surface area (Å²) in [4.78, 5) is 10.8. The molecule has 4 rings (SSSR count). The van der Waals surface area contributed by atoms with Gasteiger partial charge in [-0.1, -0.05) is 42.5 Å². The SMILES string of the molecule is O=C(O)COc1cccc2c1OC1CC(O)C(NS(=O)(=O)CCc3ccccc3)C21. The van der Waals surface area contributed by atoms with Crippen LogP contribution in [0.2, 0.25) is 0 Å². The van der Waals surface area contributed by atoms with Crippen molar-refractivity contribution >= 4 is 16.0 Å². The molecule has 1 aliphatic heterocycles. The van der Waals surface area contributed by atoms with Crippen molar-refractivity contribution in [3.05, 3.63) is 59.7 Å². The molecule has 0 spiro atoms. The van der Waals surface area contributed by atoms with E-state index in [9.17, 15) is 18.3 Å². The molecule has 2 aromatic rings. The normalized spacial score (nSPS) is 24.7. The van der Waals surface area contributed by atoms with Gasteiger partial charge in [-0.3, -0.25) is 0 Å². The minimum atomic E-state index is -3.64. The number of aliphatic hydroxyl groups is 1. The molecule has 160 valence electrons. The van der Waals surface area contributed by atoms with Crippen molar-refractivity contribution in [3.8, 4) is 11.5 Å². The molecule has 30 heavy (non-hydrogen) atoms. The Hall–Kier alpha value is -2.62. The molecule has 0 amide bonds. The van der Waals surface area contributed by atoms with Gasteiger partial charge < -0.3 is 19.7 Å². The molecule has 2 aliphatic rings. The Morgan fingerprint density at radius 2 is 1.93 bits per heavy atom. The number of hydrogen-bond acceptors (Lipinski definition) is 6. The maximum Gasteiger partial charge on any atom is 0.341 e. The van der Waals surface area contributed by atoms with E-state index in [1.54, 1.807) is 18.2 Å². The van der Waals surface area contributed by atoms with E-state index in [0.29, 0.717) is 23.5 Å². The third-order valence-electron chi connectivity index (χ3n) is 5.48. The molecule has 4 atom stereocenters. The number of aryl methyl sites for hydroxylation is 1. The van der Waals surface area contributed by atoms with Crippen LogP contribution in [0.4, 0.5) is 0 Å². The molecule has 0 saturated heterocycles. The molecular weight excluding hydrogens is 410 g/mol. The molecule has 9 heteroatoms. The highest BCUT2D eigenvalue weighted by Gasteiger charge is 2.51. The number of carboxylic acids is 1. The van der Waals surface area contributed by atoms with Gasteiger partial charge in [-0.15, -0.1) is 0 Å². The number of nitrogens with one attached hydrogen (secondary N) is 1. The van der Waals surface area contributed by atoms with Crippen LogP contribution in [0.5, 0.6) is 11.5 Å². The lowest BCUT2D eigenvalue weighted by Gasteiger charge is -2.22. The fourth-order valence-electron chi connectivity index (χ4n) is 4.16. The average Bonchev–Trinajstić information content (AvgIpc) is 3.21. The van der Waals surface area contributed by atoms with Crippen LogP contribution in [0.15, 0.2) is 48.5 Å². The topological polar surface area (TPSA) is 122 Å². The summed E-state index contributed by atoms with van der Waals surface area (Å²) in [6, 6.07) is 13.7. The van der Waals surface area contributed by atoms with E-state index in [2.05, 4.69) is 4.72 Å². The van der Waals surface area contributed by atoms with E-state index in [4.69, 9.17) is 14.6 Å². The molecule has 1 heterocycles. The maximum atomic E-state index is 12.7. The summed E-state index contributed by atoms with van der Waals surface area (Å²) in [6.07, 6.45) is -0.661. The van der Waals surface area contributed by atoms with Crippen molar-refractivity contribution in [2.75, 3.05) is 12.4 Å². The number of hydrogen-bond donors (Lipinski definition) is 3. The molecule has 1 saturated carbocycles. The van der Waals surface area contributed by atoms with Gasteiger partial charge in [-0.05, 0) is 18.1 Å². The lowest BCUT2D eigenvalue weighted by Crippen LogP contribution is -2.44. The smallest absolute Gasteiger partial charge is 0.341 e. The zero-order chi connectivity index (χ0) is 21.3. The number of fused-ring (bicyclic) bond motifs is 3. The van der Waals surface area contributed by atoms with Crippen LogP contribution in [0.25, 0.3) is 0 Å². The van der Waals surface area contributed by atoms with Crippen molar-refractivity contribution in [2.45, 2.75) is 37.0 Å². The number of para-hydroxylation sites is 1. The number of carbonyl (C=O) groups is 1. The number of ether oxygens (including phenoxy) is 2. The number of rotatable bonds is 8. The van der Waals surface area contributed by atoms with Crippen LogP contribution in [-0.4, -0.2) is 55.2 Å². The number of aliphatic carboxylic acids is 1. The predicted molar refractivity (Wildman–Crippen MR) is 108 cm³/mol. The minimum absolute atomic E-state index is 0.0902. The maximum absolute atomic E-state index is 12.7. The first kappa shape index (κ1) is 20.6. The highest BCUT2D eigenvalue weighted by molar-refractivity contribution is 7.89. The quantitative estimate of drug-likeness (QED) is 0.573. The molecule has 1 aliphatic carbocycles. The van der Waals surface area contributed by atoms with Gasteiger partial charge in [0.1, 0.15) is 6.10 Å². The molecule has 1 fully saturated rings. The number of sulfonamides is 1. The third-order valence-corrected chi connectivity index (χ3v) is 6.86. The highest BCUT2D eigenvalue weighted by atomic mass is 32.2. The Morgan fingerprint density at radius 1 is 1.17 bits per heavy atom. The van der Waals surface area contributed by atoms with Gasteiger partial charge in [0.15, 0.2) is 18.1 Å². The van der Waals surface area contributed by atoms with Crippen molar-refractivity contribution in [1.82, 2.24) is 4.72 Å². The van der Waals surface area contributed by atoms with Gasteiger partial charge in [0.2, 0.25) is 10.0 Å². The first-order chi connectivity index (χ1) is 14.3. The third kappa shape index (κ3) is 4.28. The molecule has 0 aromatic heterocycles. The van der Waals surface area contributed by atoms with Crippen molar-refractivity contribution in [2.24, 2.45) is 0 Å². The van der Waals surface area contributed by atoms with Crippen LogP contribution in [-0.2, 0) is 21.2 Å². The van der Waals surface area contributed by atoms with Gasteiger partial charge >= 0.3 is 5.97 Å². The Labute approximate surface area is 174 Å². The molecular formula is C21H23NO7S. The Morgan fingerprint density at radius 3 is 2.67 bits per heavy atom. The van der Waals surface area contributed by atoms with Gasteiger partial charge in [0, 0.05) is 17.9 Å². The monoisotopic (exact) mass is 433 g/mol. The molecule has 4 unspecified atom stereocenters. The van der Waals surface area contributed by atoms with Crippen molar-refractivity contribution < 1.29 is 32.9 Å². The van der Waals surface area contributed by atoms with Gasteiger partial charge in [-0.2, -0.15) is 0 Å². The summed E-state index contributed by atoms with van der Waals surface area (Å²) < 4.78 is 39.3. The number of aliphatic hydroxyl groups excluding tert-OH is 1. The van der Waals surface area contributed by atoms with Crippen LogP contribution in [0.3, 0.4) is 0 Å². The second-order valence-electron chi connectivity index (χ2n) is 7.54. The van der Waals surface area contributed by atoms with E-state index >= 15 is 0 Å². The lowest BCUT2D eigenvalue weighted by atomic mass is 9.94. The molecule has 3 N–H and O–H groups in total. The van der Waals surface area contributed by atoms with Crippen LogP contribution in [0.1, 0.15) is 23.5 Å². The van der Waals surface area contributed by atoms with E-state index in [0.717, 1.165) is 5.56 Å². The largest absolute Gasteiger partial charge is 0.485 e. The molecule has 0 bridgehead atoms. The van der Waals surface area contributed by atoms with Crippen molar-refractivity contribution in [3.63, 3.8) is 0 Å². The summed E-state index contributed by atoms with van der Waals surface area (Å²) in [6.45, 7) is -0.507. The van der Waals surface area contributed by atoms with Crippen LogP contribution >= 0.6 is 0 Å². The second kappa shape index (κ2) is 8.25. The Bertz CT molecular complexity index is 1020. The fraction of sp³-hybridized carbons (Fsp3) is 0.381. The summed E-state index contributed by atoms with van der Waals surface area (Å²) >= 11 is 0. The van der Waals surface area contributed by atoms with Crippen LogP contribution in [0, 0.1) is 0 Å². The van der Waals surface area contributed by atoms with E-state index in [1.165, 1.54) is 0 Å². The highest BCUT2D eigenvalue weighted by Crippen LogP contribution is 2.50. The summed E-state index contributed by atoms with van der Waals surface area (Å²) in [5, 5.41) is 19.3. The van der Waals surface area contributed by atoms with Crippen molar-refractivity contribution in [1.29, 1.82) is 0 Å². The standard InChI is InChI=1S/C21H23NO7S/c23-15-11-17-19(14-7-4-8-16(21(14)29-17)28-12-18(24)25)20(15)22-30(26,27)10-9-13-5-2-1-3-6-13/h1-8,15,17,19-20,22-23H,9-12H2,(H,24,25). The first-order valence-electron chi connectivity index (χ1n) is 9.70. The Balaban J connectivity index is 1.51. The van der Waals surface area contributed by atoms with E-state index in [-0.39, 0.29) is 18.1 Å². The summed E-state index contributed by atoms with van der Waals surface area (Å²) in [5.74, 6) is -0.869. The number of benzene rings is 2. The minimum Gasteiger partial charge on any atom is -0.485 e. The first-order valence-corrected chi connectivity index (χ1v) is 11.4. The molecule has 8 nitrogen and oxygen atoms in total. The Kier molecular flexibility index (Phi) is 5.68. The van der Waals surface area contributed by atoms with Crippen LogP contribution < -0.4 is 14.2 Å². The van der Waals surface area contributed by atoms with E-state index in [1.807, 2.05) is 30.3 Å². The lowest BCUT2D eigenvalue weighted by molar-refractivity contribution is -0.139. The number of carboxylic acid groups (broad SMARTS) is 1. The fourth-order valence-corrected chi connectivity index (χ4v) is 5.50. The van der Waals surface area contributed by atoms with E-state index < -0.39 is 40.8 Å². The zero-order valence-electron chi connectivity index (χ0n) is 16.1. The van der Waals surface area contributed by atoms with Gasteiger partial charge in [0.25, 0.3) is 0 Å². The summed E-state index contributed by atoms with van der Waals surface area (Å²) in [5.41, 5.74) is 1.62.